The molecule has 1 fully saturated rings. The van der Waals surface area contributed by atoms with E-state index in [1.807, 2.05) is 0 Å². The topological polar surface area (TPSA) is 29.1 Å². The third kappa shape index (κ3) is 5.51. The molecule has 1 N–H and O–H groups in total. The fraction of sp³-hybridized carbons (Fsp3) is 0.938. The zero-order chi connectivity index (χ0) is 16.2. The van der Waals surface area contributed by atoms with Crippen molar-refractivity contribution in [3.63, 3.8) is 0 Å². The third-order valence-electron chi connectivity index (χ3n) is 4.79. The van der Waals surface area contributed by atoms with Crippen LogP contribution in [0.2, 0.25) is 0 Å². The van der Waals surface area contributed by atoms with Crippen molar-refractivity contribution in [3.8, 4) is 0 Å². The Morgan fingerprint density at radius 2 is 1.52 bits per heavy atom. The molecule has 21 heavy (non-hydrogen) atoms. The molecule has 0 aromatic rings. The first-order valence-corrected chi connectivity index (χ1v) is 7.97. The number of alkyl halides is 3. The molecule has 2 nitrogen and oxygen atoms in total. The largest absolute Gasteiger partial charge is 0.391 e. The highest BCUT2D eigenvalue weighted by atomic mass is 19.4. The molecule has 0 spiro atoms. The van der Waals surface area contributed by atoms with Gasteiger partial charge in [0.2, 0.25) is 5.91 Å². The van der Waals surface area contributed by atoms with Gasteiger partial charge < -0.3 is 5.32 Å². The van der Waals surface area contributed by atoms with Gasteiger partial charge in [-0.15, -0.1) is 0 Å². The molecule has 0 saturated heterocycles. The Labute approximate surface area is 125 Å². The average molecular weight is 307 g/mol. The predicted molar refractivity (Wildman–Crippen MR) is 77.7 cm³/mol. The van der Waals surface area contributed by atoms with E-state index in [1.54, 1.807) is 0 Å². The lowest BCUT2D eigenvalue weighted by molar-refractivity contribution is -0.184. The number of rotatable bonds is 5. The monoisotopic (exact) mass is 307 g/mol. The van der Waals surface area contributed by atoms with Crippen molar-refractivity contribution >= 4 is 5.91 Å². The highest BCUT2D eigenvalue weighted by Gasteiger charge is 2.42. The SMILES string of the molecule is CC(C)C(CNC(=O)C1CCC(C(F)(F)F)CC1)C(C)C. The van der Waals surface area contributed by atoms with Crippen LogP contribution in [0.1, 0.15) is 53.4 Å². The zero-order valence-corrected chi connectivity index (χ0v) is 13.5. The van der Waals surface area contributed by atoms with Gasteiger partial charge in [-0.1, -0.05) is 27.7 Å². The van der Waals surface area contributed by atoms with Crippen LogP contribution in [0.5, 0.6) is 0 Å². The third-order valence-corrected chi connectivity index (χ3v) is 4.79. The highest BCUT2D eigenvalue weighted by molar-refractivity contribution is 5.78. The lowest BCUT2D eigenvalue weighted by Gasteiger charge is -2.30. The molecule has 0 bridgehead atoms. The van der Waals surface area contributed by atoms with Gasteiger partial charge in [-0.3, -0.25) is 4.79 Å². The molecule has 0 aromatic heterocycles. The van der Waals surface area contributed by atoms with Crippen LogP contribution < -0.4 is 5.32 Å². The van der Waals surface area contributed by atoms with Crippen LogP contribution in [-0.2, 0) is 4.79 Å². The molecular formula is C16H28F3NO. The summed E-state index contributed by atoms with van der Waals surface area (Å²) in [7, 11) is 0. The molecule has 1 amide bonds. The molecule has 124 valence electrons. The minimum atomic E-state index is -4.11. The standard InChI is InChI=1S/C16H28F3NO/c1-10(2)14(11(3)4)9-20-15(21)12-5-7-13(8-6-12)16(17,18)19/h10-14H,5-9H2,1-4H3,(H,20,21). The van der Waals surface area contributed by atoms with Crippen molar-refractivity contribution in [1.29, 1.82) is 0 Å². The maximum absolute atomic E-state index is 12.6. The number of nitrogens with one attached hydrogen (secondary N) is 1. The Bertz CT molecular complexity index is 323. The summed E-state index contributed by atoms with van der Waals surface area (Å²) in [4.78, 5) is 12.1. The van der Waals surface area contributed by atoms with Crippen LogP contribution in [0.15, 0.2) is 0 Å². The molecule has 5 heteroatoms. The molecule has 1 aliphatic rings. The van der Waals surface area contributed by atoms with E-state index < -0.39 is 12.1 Å². The van der Waals surface area contributed by atoms with Crippen molar-refractivity contribution in [2.24, 2.45) is 29.6 Å². The number of carbonyl (C=O) groups excluding carboxylic acids is 1. The van der Waals surface area contributed by atoms with Crippen molar-refractivity contribution in [2.45, 2.75) is 59.6 Å². The van der Waals surface area contributed by atoms with Crippen molar-refractivity contribution in [2.75, 3.05) is 6.54 Å². The van der Waals surface area contributed by atoms with Gasteiger partial charge in [0.15, 0.2) is 0 Å². The van der Waals surface area contributed by atoms with Gasteiger partial charge in [0.05, 0.1) is 5.92 Å². The molecular weight excluding hydrogens is 279 g/mol. The average Bonchev–Trinajstić information content (AvgIpc) is 2.37. The zero-order valence-electron chi connectivity index (χ0n) is 13.5. The van der Waals surface area contributed by atoms with E-state index >= 15 is 0 Å². The molecule has 0 unspecified atom stereocenters. The van der Waals surface area contributed by atoms with Gasteiger partial charge >= 0.3 is 6.18 Å². The predicted octanol–water partition coefficient (Wildman–Crippen LogP) is 4.40. The first-order valence-electron chi connectivity index (χ1n) is 7.97. The van der Waals surface area contributed by atoms with E-state index in [4.69, 9.17) is 0 Å². The fourth-order valence-corrected chi connectivity index (χ4v) is 3.29. The lowest BCUT2D eigenvalue weighted by Crippen LogP contribution is -2.39. The van der Waals surface area contributed by atoms with Crippen LogP contribution in [-0.4, -0.2) is 18.6 Å². The molecule has 1 rings (SSSR count). The quantitative estimate of drug-likeness (QED) is 0.801. The summed E-state index contributed by atoms with van der Waals surface area (Å²) in [5, 5.41) is 2.95. The Kier molecular flexibility index (Phi) is 6.54. The van der Waals surface area contributed by atoms with Crippen LogP contribution in [0.4, 0.5) is 13.2 Å². The van der Waals surface area contributed by atoms with E-state index in [-0.39, 0.29) is 24.7 Å². The Morgan fingerprint density at radius 1 is 1.05 bits per heavy atom. The molecule has 1 aliphatic carbocycles. The van der Waals surface area contributed by atoms with Crippen LogP contribution in [0.25, 0.3) is 0 Å². The van der Waals surface area contributed by atoms with Crippen LogP contribution in [0.3, 0.4) is 0 Å². The number of halogens is 3. The number of hydrogen-bond donors (Lipinski definition) is 1. The lowest BCUT2D eigenvalue weighted by atomic mass is 9.81. The first kappa shape index (κ1) is 18.3. The number of hydrogen-bond acceptors (Lipinski definition) is 1. The fourth-order valence-electron chi connectivity index (χ4n) is 3.29. The summed E-state index contributed by atoms with van der Waals surface area (Å²) >= 11 is 0. The second kappa shape index (κ2) is 7.50. The first-order chi connectivity index (χ1) is 9.62. The van der Waals surface area contributed by atoms with Gasteiger partial charge in [-0.2, -0.15) is 13.2 Å². The Morgan fingerprint density at radius 3 is 1.90 bits per heavy atom. The second-order valence-corrected chi connectivity index (χ2v) is 6.99. The van der Waals surface area contributed by atoms with Gasteiger partial charge in [-0.05, 0) is 43.4 Å². The number of amides is 1. The minimum absolute atomic E-state index is 0.0677. The van der Waals surface area contributed by atoms with Gasteiger partial charge in [0.1, 0.15) is 0 Å². The van der Waals surface area contributed by atoms with E-state index in [1.165, 1.54) is 0 Å². The Hall–Kier alpha value is -0.740. The van der Waals surface area contributed by atoms with E-state index in [0.717, 1.165) is 0 Å². The normalized spacial score (nSPS) is 23.9. The second-order valence-electron chi connectivity index (χ2n) is 6.99. The summed E-state index contributed by atoms with van der Waals surface area (Å²) < 4.78 is 37.8. The molecule has 0 aromatic carbocycles. The van der Waals surface area contributed by atoms with Crippen molar-refractivity contribution in [3.05, 3.63) is 0 Å². The van der Waals surface area contributed by atoms with E-state index in [0.29, 0.717) is 37.1 Å². The van der Waals surface area contributed by atoms with E-state index in [2.05, 4.69) is 33.0 Å². The maximum atomic E-state index is 12.6. The molecule has 0 radical (unpaired) electrons. The van der Waals surface area contributed by atoms with Crippen LogP contribution >= 0.6 is 0 Å². The number of carbonyl (C=O) groups is 1. The van der Waals surface area contributed by atoms with E-state index in [9.17, 15) is 18.0 Å². The molecule has 0 atom stereocenters. The molecule has 0 heterocycles. The smallest absolute Gasteiger partial charge is 0.356 e. The van der Waals surface area contributed by atoms with Gasteiger partial charge in [0, 0.05) is 12.5 Å². The van der Waals surface area contributed by atoms with Gasteiger partial charge in [0.25, 0.3) is 0 Å². The summed E-state index contributed by atoms with van der Waals surface area (Å²) in [6.45, 7) is 9.14. The molecule has 1 saturated carbocycles. The van der Waals surface area contributed by atoms with Crippen molar-refractivity contribution in [1.82, 2.24) is 5.32 Å². The Balaban J connectivity index is 2.41. The summed E-state index contributed by atoms with van der Waals surface area (Å²) in [6.07, 6.45) is -3.24. The molecule has 0 aliphatic heterocycles. The summed E-state index contributed by atoms with van der Waals surface area (Å²) in [5.74, 6) is -0.177. The summed E-state index contributed by atoms with van der Waals surface area (Å²) in [6, 6.07) is 0. The minimum Gasteiger partial charge on any atom is -0.356 e. The van der Waals surface area contributed by atoms with Gasteiger partial charge in [-0.25, -0.2) is 0 Å². The summed E-state index contributed by atoms with van der Waals surface area (Å²) in [5.41, 5.74) is 0. The maximum Gasteiger partial charge on any atom is 0.391 e. The van der Waals surface area contributed by atoms with Crippen LogP contribution in [0, 0.1) is 29.6 Å². The highest BCUT2D eigenvalue weighted by Crippen LogP contribution is 2.39. The van der Waals surface area contributed by atoms with Crippen molar-refractivity contribution < 1.29 is 18.0 Å².